The highest BCUT2D eigenvalue weighted by atomic mass is 35.5. The Morgan fingerprint density at radius 3 is 2.04 bits per heavy atom. The molecule has 2 aromatic carbocycles. The molecule has 0 spiro atoms. The fraction of sp³-hybridized carbons (Fsp3) is 0.263. The maximum atomic E-state index is 12.0. The van der Waals surface area contributed by atoms with Crippen LogP contribution in [0.15, 0.2) is 53.6 Å². The number of benzene rings is 2. The van der Waals surface area contributed by atoms with Crippen LogP contribution in [0.2, 0.25) is 5.02 Å². The zero-order valence-corrected chi connectivity index (χ0v) is 17.7. The van der Waals surface area contributed by atoms with Gasteiger partial charge in [-0.25, -0.2) is 8.42 Å². The Bertz CT molecular complexity index is 924. The monoisotopic (exact) mass is 424 g/mol. The summed E-state index contributed by atoms with van der Waals surface area (Å²) in [7, 11) is -3.84. The van der Waals surface area contributed by atoms with E-state index in [9.17, 15) is 13.2 Å². The second-order valence-corrected chi connectivity index (χ2v) is 9.34. The van der Waals surface area contributed by atoms with Crippen molar-refractivity contribution in [3.05, 3.63) is 70.2 Å². The first-order chi connectivity index (χ1) is 12.7. The van der Waals surface area contributed by atoms with Crippen molar-refractivity contribution in [2.75, 3.05) is 12.0 Å². The number of thioether (sulfide) groups is 1. The molecule has 0 radical (unpaired) electrons. The summed E-state index contributed by atoms with van der Waals surface area (Å²) in [5, 5.41) is 4.73. The van der Waals surface area contributed by atoms with Gasteiger partial charge in [-0.3, -0.25) is 4.79 Å². The maximum Gasteiger partial charge on any atom is 0.254 e. The van der Waals surface area contributed by atoms with Crippen LogP contribution in [0.3, 0.4) is 0 Å². The molecule has 5 nitrogen and oxygen atoms in total. The summed E-state index contributed by atoms with van der Waals surface area (Å²) in [6.07, 6.45) is 0.947. The van der Waals surface area contributed by atoms with Gasteiger partial charge in [-0.2, -0.15) is 16.9 Å². The molecule has 0 aromatic heterocycles. The molecule has 0 saturated carbocycles. The van der Waals surface area contributed by atoms with E-state index in [-0.39, 0.29) is 0 Å². The van der Waals surface area contributed by atoms with E-state index < -0.39 is 15.9 Å². The van der Waals surface area contributed by atoms with Gasteiger partial charge in [0, 0.05) is 28.8 Å². The Hall–Kier alpha value is -1.83. The molecule has 0 aliphatic rings. The van der Waals surface area contributed by atoms with Crippen LogP contribution in [0, 0.1) is 0 Å². The third-order valence-electron chi connectivity index (χ3n) is 3.59. The van der Waals surface area contributed by atoms with Gasteiger partial charge < -0.3 is 0 Å². The van der Waals surface area contributed by atoms with E-state index in [0.29, 0.717) is 26.3 Å². The molecular weight excluding hydrogens is 404 g/mol. The molecule has 0 atom stereocenters. The highest BCUT2D eigenvalue weighted by Gasteiger charge is 2.21. The number of hydrogen-bond acceptors (Lipinski definition) is 5. The van der Waals surface area contributed by atoms with Crippen LogP contribution >= 0.6 is 23.4 Å². The molecule has 0 bridgehead atoms. The number of carbonyl (C=O) groups excluding carboxylic acids is 1. The Labute approximate surface area is 169 Å². The number of rotatable bonds is 7. The second kappa shape index (κ2) is 9.39. The number of carbonyl (C=O) groups is 1. The van der Waals surface area contributed by atoms with E-state index in [0.717, 1.165) is 30.2 Å². The Kier molecular flexibility index (Phi) is 7.47. The minimum absolute atomic E-state index is 0.377. The molecule has 2 rings (SSSR count). The number of nitrogens with zero attached hydrogens (tertiary/aromatic N) is 2. The van der Waals surface area contributed by atoms with Gasteiger partial charge in [0.25, 0.3) is 15.9 Å². The van der Waals surface area contributed by atoms with Crippen molar-refractivity contribution < 1.29 is 13.2 Å². The van der Waals surface area contributed by atoms with E-state index in [1.54, 1.807) is 24.3 Å². The molecule has 0 saturated heterocycles. The van der Waals surface area contributed by atoms with Gasteiger partial charge >= 0.3 is 0 Å². The van der Waals surface area contributed by atoms with Gasteiger partial charge in [-0.1, -0.05) is 54.9 Å². The number of sulfonamides is 1. The first kappa shape index (κ1) is 21.5. The van der Waals surface area contributed by atoms with Crippen LogP contribution in [0.4, 0.5) is 0 Å². The zero-order valence-electron chi connectivity index (χ0n) is 15.3. The van der Waals surface area contributed by atoms with Gasteiger partial charge in [0.1, 0.15) is 0 Å². The lowest BCUT2D eigenvalue weighted by atomic mass is 10.0. The van der Waals surface area contributed by atoms with Gasteiger partial charge in [-0.05, 0) is 23.4 Å². The average molecular weight is 425 g/mol. The standard InChI is InChI=1S/C19H21ClN2O3S2/c1-4-26-13-15-5-7-16(8-6-15)19(17-9-11-18(20)12-10-17)21-22(14(2)23)27(3,24)25/h5-12H,4,13H2,1-3H3. The summed E-state index contributed by atoms with van der Waals surface area (Å²) in [6, 6.07) is 14.6. The minimum Gasteiger partial charge on any atom is -0.272 e. The molecule has 0 heterocycles. The summed E-state index contributed by atoms with van der Waals surface area (Å²) in [4.78, 5) is 11.8. The van der Waals surface area contributed by atoms with Crippen molar-refractivity contribution >= 4 is 45.0 Å². The first-order valence-corrected chi connectivity index (χ1v) is 11.6. The molecule has 27 heavy (non-hydrogen) atoms. The van der Waals surface area contributed by atoms with Crippen LogP contribution in [0.25, 0.3) is 0 Å². The smallest absolute Gasteiger partial charge is 0.254 e. The van der Waals surface area contributed by atoms with Crippen LogP contribution in [-0.4, -0.2) is 36.5 Å². The molecule has 144 valence electrons. The fourth-order valence-corrected chi connectivity index (χ4v) is 3.79. The van der Waals surface area contributed by atoms with Gasteiger partial charge in [-0.15, -0.1) is 4.41 Å². The largest absolute Gasteiger partial charge is 0.272 e. The number of hydrazone groups is 1. The molecule has 2 aromatic rings. The lowest BCUT2D eigenvalue weighted by molar-refractivity contribution is -0.124. The summed E-state index contributed by atoms with van der Waals surface area (Å²) in [5.41, 5.74) is 2.90. The molecule has 0 N–H and O–H groups in total. The Balaban J connectivity index is 2.54. The van der Waals surface area contributed by atoms with Crippen molar-refractivity contribution in [3.8, 4) is 0 Å². The normalized spacial score (nSPS) is 12.1. The fourth-order valence-electron chi connectivity index (χ4n) is 2.34. The lowest BCUT2D eigenvalue weighted by Gasteiger charge is -2.16. The molecule has 8 heteroatoms. The van der Waals surface area contributed by atoms with Crippen molar-refractivity contribution in [2.24, 2.45) is 5.10 Å². The highest BCUT2D eigenvalue weighted by molar-refractivity contribution is 7.98. The van der Waals surface area contributed by atoms with Crippen molar-refractivity contribution in [1.82, 2.24) is 4.41 Å². The quantitative estimate of drug-likeness (QED) is 0.494. The molecule has 1 amide bonds. The average Bonchev–Trinajstić information content (AvgIpc) is 2.61. The first-order valence-electron chi connectivity index (χ1n) is 8.25. The predicted molar refractivity (Wildman–Crippen MR) is 113 cm³/mol. The summed E-state index contributed by atoms with van der Waals surface area (Å²) >= 11 is 7.77. The molecular formula is C19H21ClN2O3S2. The summed E-state index contributed by atoms with van der Waals surface area (Å²) < 4.78 is 24.5. The van der Waals surface area contributed by atoms with Crippen LogP contribution in [-0.2, 0) is 20.6 Å². The summed E-state index contributed by atoms with van der Waals surface area (Å²) in [5.74, 6) is 1.24. The van der Waals surface area contributed by atoms with E-state index in [1.165, 1.54) is 0 Å². The molecule has 0 aliphatic heterocycles. The topological polar surface area (TPSA) is 66.8 Å². The highest BCUT2D eigenvalue weighted by Crippen LogP contribution is 2.19. The van der Waals surface area contributed by atoms with E-state index in [4.69, 9.17) is 11.6 Å². The molecule has 0 unspecified atom stereocenters. The SMILES string of the molecule is CCSCc1ccc(C(=NN(C(C)=O)S(C)(=O)=O)c2ccc(Cl)cc2)cc1. The van der Waals surface area contributed by atoms with Crippen molar-refractivity contribution in [1.29, 1.82) is 0 Å². The predicted octanol–water partition coefficient (Wildman–Crippen LogP) is 4.15. The van der Waals surface area contributed by atoms with E-state index in [2.05, 4.69) is 12.0 Å². The van der Waals surface area contributed by atoms with Crippen molar-refractivity contribution in [2.45, 2.75) is 19.6 Å². The van der Waals surface area contributed by atoms with Crippen LogP contribution in [0.1, 0.15) is 30.5 Å². The third kappa shape index (κ3) is 6.09. The van der Waals surface area contributed by atoms with E-state index >= 15 is 0 Å². The van der Waals surface area contributed by atoms with Gasteiger partial charge in [0.05, 0.1) is 12.0 Å². The van der Waals surface area contributed by atoms with Crippen LogP contribution in [0.5, 0.6) is 0 Å². The number of amides is 1. The van der Waals surface area contributed by atoms with E-state index in [1.807, 2.05) is 36.0 Å². The number of halogens is 1. The third-order valence-corrected chi connectivity index (χ3v) is 5.76. The van der Waals surface area contributed by atoms with Gasteiger partial charge in [0.2, 0.25) is 0 Å². The minimum atomic E-state index is -3.84. The molecule has 0 aliphatic carbocycles. The second-order valence-electron chi connectivity index (χ2n) is 5.81. The lowest BCUT2D eigenvalue weighted by Crippen LogP contribution is -2.31. The van der Waals surface area contributed by atoms with Gasteiger partial charge in [0.15, 0.2) is 0 Å². The van der Waals surface area contributed by atoms with Crippen molar-refractivity contribution in [3.63, 3.8) is 0 Å². The summed E-state index contributed by atoms with van der Waals surface area (Å²) in [6.45, 7) is 3.26. The maximum absolute atomic E-state index is 12.0. The zero-order chi connectivity index (χ0) is 20.0. The Morgan fingerprint density at radius 1 is 1.07 bits per heavy atom. The molecule has 0 fully saturated rings. The van der Waals surface area contributed by atoms with Crippen LogP contribution < -0.4 is 0 Å². The Morgan fingerprint density at radius 2 is 1.59 bits per heavy atom. The number of hydrogen-bond donors (Lipinski definition) is 0.